The number of aromatic nitrogens is 1. The molecule has 1 atom stereocenters. The molecule has 1 aromatic carbocycles. The summed E-state index contributed by atoms with van der Waals surface area (Å²) in [5.74, 6) is 4.01. The molecule has 2 aliphatic rings. The second kappa shape index (κ2) is 12.4. The molecule has 0 spiro atoms. The summed E-state index contributed by atoms with van der Waals surface area (Å²) >= 11 is 0. The molecule has 4 rings (SSSR count). The monoisotopic (exact) mass is 502 g/mol. The molecule has 2 aliphatic heterocycles. The zero-order valence-electron chi connectivity index (χ0n) is 22.4. The van der Waals surface area contributed by atoms with Crippen LogP contribution in [0.25, 0.3) is 0 Å². The molecule has 0 aliphatic carbocycles. The minimum atomic E-state index is 0.384. The maximum absolute atomic E-state index is 6.48. The van der Waals surface area contributed by atoms with E-state index in [1.807, 2.05) is 67.5 Å². The maximum atomic E-state index is 6.48. The van der Waals surface area contributed by atoms with Gasteiger partial charge in [-0.2, -0.15) is 5.10 Å². The van der Waals surface area contributed by atoms with Gasteiger partial charge in [0.1, 0.15) is 23.0 Å². The smallest absolute Gasteiger partial charge is 0.172 e. The van der Waals surface area contributed by atoms with Gasteiger partial charge in [0.05, 0.1) is 18.8 Å². The average Bonchev–Trinajstić information content (AvgIpc) is 3.04. The number of pyridine rings is 1. The van der Waals surface area contributed by atoms with Crippen molar-refractivity contribution in [3.8, 4) is 11.5 Å². The number of anilines is 1. The molecule has 196 valence electrons. The van der Waals surface area contributed by atoms with E-state index < -0.39 is 0 Å². The Morgan fingerprint density at radius 1 is 1.27 bits per heavy atom. The van der Waals surface area contributed by atoms with Crippen molar-refractivity contribution in [3.05, 3.63) is 65.7 Å². The first-order valence-electron chi connectivity index (χ1n) is 13.1. The van der Waals surface area contributed by atoms with Crippen LogP contribution in [0.15, 0.2) is 64.5 Å². The van der Waals surface area contributed by atoms with E-state index in [4.69, 9.17) is 20.2 Å². The highest BCUT2D eigenvalue weighted by Gasteiger charge is 2.24. The van der Waals surface area contributed by atoms with Crippen LogP contribution in [-0.2, 0) is 0 Å². The molecule has 1 unspecified atom stereocenters. The molecular formula is C29H38N6O2. The van der Waals surface area contributed by atoms with E-state index in [0.29, 0.717) is 30.6 Å². The van der Waals surface area contributed by atoms with Gasteiger partial charge in [0.25, 0.3) is 0 Å². The van der Waals surface area contributed by atoms with Gasteiger partial charge in [-0.1, -0.05) is 26.7 Å². The van der Waals surface area contributed by atoms with E-state index in [1.165, 1.54) is 12.8 Å². The molecule has 0 saturated carbocycles. The highest BCUT2D eigenvalue weighted by atomic mass is 16.5. The van der Waals surface area contributed by atoms with E-state index in [9.17, 15) is 0 Å². The van der Waals surface area contributed by atoms with Gasteiger partial charge in [0.15, 0.2) is 11.6 Å². The number of rotatable bonds is 9. The summed E-state index contributed by atoms with van der Waals surface area (Å²) in [4.78, 5) is 12.0. The molecule has 0 amide bonds. The first-order valence-corrected chi connectivity index (χ1v) is 13.1. The van der Waals surface area contributed by atoms with E-state index in [2.05, 4.69) is 28.8 Å². The highest BCUT2D eigenvalue weighted by molar-refractivity contribution is 5.99. The van der Waals surface area contributed by atoms with Crippen molar-refractivity contribution >= 4 is 23.6 Å². The first kappa shape index (κ1) is 26.3. The second-order valence-corrected chi connectivity index (χ2v) is 9.56. The molecule has 2 N–H and O–H groups in total. The number of ether oxygens (including phenoxy) is 2. The molecule has 0 saturated heterocycles. The van der Waals surface area contributed by atoms with Crippen LogP contribution in [0, 0.1) is 12.8 Å². The van der Waals surface area contributed by atoms with E-state index in [1.54, 1.807) is 6.21 Å². The Labute approximate surface area is 220 Å². The first-order chi connectivity index (χ1) is 18.0. The molecule has 3 heterocycles. The van der Waals surface area contributed by atoms with Crippen molar-refractivity contribution in [1.82, 2.24) is 9.99 Å². The quantitative estimate of drug-likeness (QED) is 0.275. The van der Waals surface area contributed by atoms with Crippen LogP contribution < -0.4 is 20.1 Å². The number of amidine groups is 1. The number of hydrogen-bond donors (Lipinski definition) is 1. The molecule has 0 bridgehead atoms. The fourth-order valence-corrected chi connectivity index (χ4v) is 4.37. The number of nitrogens with two attached hydrogens (primary N) is 1. The molecule has 1 aromatic heterocycles. The Balaban J connectivity index is 1.50. The van der Waals surface area contributed by atoms with Crippen molar-refractivity contribution < 1.29 is 9.47 Å². The van der Waals surface area contributed by atoms with Crippen molar-refractivity contribution in [2.75, 3.05) is 31.1 Å². The Bertz CT molecular complexity index is 1190. The zero-order valence-corrected chi connectivity index (χ0v) is 22.4. The number of allylic oxidation sites excluding steroid dienone is 1. The summed E-state index contributed by atoms with van der Waals surface area (Å²) < 4.78 is 12.1. The number of unbranched alkanes of at least 4 members (excludes halogenated alkanes) is 2. The van der Waals surface area contributed by atoms with Crippen molar-refractivity contribution in [2.45, 2.75) is 47.0 Å². The van der Waals surface area contributed by atoms with Crippen molar-refractivity contribution in [2.24, 2.45) is 21.7 Å². The lowest BCUT2D eigenvalue weighted by Gasteiger charge is -2.25. The summed E-state index contributed by atoms with van der Waals surface area (Å²) in [7, 11) is 0. The minimum absolute atomic E-state index is 0.384. The number of fused-ring (bicyclic) bond motifs is 1. The molecular weight excluding hydrogens is 464 g/mol. The third-order valence-electron chi connectivity index (χ3n) is 6.26. The zero-order chi connectivity index (χ0) is 26.2. The van der Waals surface area contributed by atoms with Gasteiger partial charge >= 0.3 is 0 Å². The topological polar surface area (TPSA) is 88.6 Å². The number of hydrazone groups is 1. The predicted octanol–water partition coefficient (Wildman–Crippen LogP) is 5.55. The second-order valence-electron chi connectivity index (χ2n) is 9.56. The third-order valence-corrected chi connectivity index (χ3v) is 6.26. The Hall–Kier alpha value is -3.81. The molecule has 8 heteroatoms. The number of hydrogen-bond acceptors (Lipinski definition) is 7. The molecule has 0 radical (unpaired) electrons. The lowest BCUT2D eigenvalue weighted by atomic mass is 10.1. The molecule has 8 nitrogen and oxygen atoms in total. The summed E-state index contributed by atoms with van der Waals surface area (Å²) in [5.41, 5.74) is 8.85. The summed E-state index contributed by atoms with van der Waals surface area (Å²) in [5, 5.41) is 6.06. The van der Waals surface area contributed by atoms with Crippen LogP contribution >= 0.6 is 0 Å². The lowest BCUT2D eigenvalue weighted by molar-refractivity contribution is 0.273. The number of benzene rings is 1. The van der Waals surface area contributed by atoms with Gasteiger partial charge in [0.2, 0.25) is 0 Å². The minimum Gasteiger partial charge on any atom is -0.489 e. The van der Waals surface area contributed by atoms with Gasteiger partial charge in [-0.25, -0.2) is 9.98 Å². The Morgan fingerprint density at radius 2 is 2.08 bits per heavy atom. The SMILES string of the molecule is C/C=N\N1C=CC(Oc2ccc(N=C(N)c3nc4c(cc3C)OCC(C)CN4CCCCC)cc2)=CC1. The maximum Gasteiger partial charge on any atom is 0.172 e. The fourth-order valence-electron chi connectivity index (χ4n) is 4.37. The average molecular weight is 503 g/mol. The van der Waals surface area contributed by atoms with Crippen molar-refractivity contribution in [3.63, 3.8) is 0 Å². The lowest BCUT2D eigenvalue weighted by Crippen LogP contribution is -2.30. The number of aliphatic imine (C=N–C) groups is 1. The standard InChI is InChI=1S/C29H38N6O2/c1-5-7-8-15-34-19-21(3)20-36-26-18-22(4)27(33-29(26)34)28(30)32-23-9-11-24(12-10-23)37-25-13-16-35(17-14-25)31-6-2/h6,9-14,16,18,21H,5,7-8,15,17,19-20H2,1-4H3,(H2,30,32)/b31-6-. The summed E-state index contributed by atoms with van der Waals surface area (Å²) in [6, 6.07) is 9.60. The molecule has 37 heavy (non-hydrogen) atoms. The summed E-state index contributed by atoms with van der Waals surface area (Å²) in [6.45, 7) is 11.6. The molecule has 2 aromatic rings. The van der Waals surface area contributed by atoms with Gasteiger partial charge < -0.3 is 20.1 Å². The Morgan fingerprint density at radius 3 is 2.78 bits per heavy atom. The van der Waals surface area contributed by atoms with Crippen LogP contribution in [0.5, 0.6) is 11.5 Å². The largest absolute Gasteiger partial charge is 0.489 e. The van der Waals surface area contributed by atoms with E-state index >= 15 is 0 Å². The number of aryl methyl sites for hydroxylation is 1. The molecule has 0 fully saturated rings. The van der Waals surface area contributed by atoms with Crippen LogP contribution in [-0.4, -0.2) is 48.3 Å². The number of nitrogens with zero attached hydrogens (tertiary/aromatic N) is 5. The van der Waals surface area contributed by atoms with Crippen LogP contribution in [0.1, 0.15) is 51.3 Å². The van der Waals surface area contributed by atoms with Gasteiger partial charge in [-0.3, -0.25) is 5.01 Å². The third kappa shape index (κ3) is 6.90. The summed E-state index contributed by atoms with van der Waals surface area (Å²) in [6.07, 6.45) is 11.0. The van der Waals surface area contributed by atoms with E-state index in [-0.39, 0.29) is 0 Å². The Kier molecular flexibility index (Phi) is 8.82. The predicted molar refractivity (Wildman–Crippen MR) is 151 cm³/mol. The van der Waals surface area contributed by atoms with Crippen LogP contribution in [0.3, 0.4) is 0 Å². The fraction of sp³-hybridized carbons (Fsp3) is 0.414. The van der Waals surface area contributed by atoms with Crippen LogP contribution in [0.4, 0.5) is 11.5 Å². The van der Waals surface area contributed by atoms with Crippen molar-refractivity contribution in [1.29, 1.82) is 0 Å². The van der Waals surface area contributed by atoms with Gasteiger partial charge in [0, 0.05) is 31.4 Å². The van der Waals surface area contributed by atoms with Gasteiger partial charge in [-0.15, -0.1) is 0 Å². The van der Waals surface area contributed by atoms with Gasteiger partial charge in [-0.05, 0) is 68.3 Å². The van der Waals surface area contributed by atoms with E-state index in [0.717, 1.165) is 53.8 Å². The highest BCUT2D eigenvalue weighted by Crippen LogP contribution is 2.33. The van der Waals surface area contributed by atoms with Crippen LogP contribution in [0.2, 0.25) is 0 Å². The normalized spacial score (nSPS) is 17.9.